The summed E-state index contributed by atoms with van der Waals surface area (Å²) >= 11 is 0. The van der Waals surface area contributed by atoms with Crippen molar-refractivity contribution in [3.8, 4) is 11.5 Å². The molecule has 22 heavy (non-hydrogen) atoms. The minimum absolute atomic E-state index is 0.199. The first-order valence-corrected chi connectivity index (χ1v) is 7.31. The number of carbonyl (C=O) groups is 1. The highest BCUT2D eigenvalue weighted by Crippen LogP contribution is 2.47. The number of hydrogen-bond donors (Lipinski definition) is 0. The van der Waals surface area contributed by atoms with Gasteiger partial charge in [-0.3, -0.25) is 4.79 Å². The molecule has 1 aliphatic carbocycles. The van der Waals surface area contributed by atoms with Crippen molar-refractivity contribution in [1.29, 1.82) is 0 Å². The molecule has 0 saturated carbocycles. The molecule has 3 rings (SSSR count). The van der Waals surface area contributed by atoms with Gasteiger partial charge in [0.2, 0.25) is 0 Å². The maximum absolute atomic E-state index is 12.3. The minimum atomic E-state index is -0.616. The van der Waals surface area contributed by atoms with Crippen LogP contribution in [0.2, 0.25) is 0 Å². The zero-order valence-corrected chi connectivity index (χ0v) is 13.4. The van der Waals surface area contributed by atoms with Gasteiger partial charge in [-0.15, -0.1) is 0 Å². The summed E-state index contributed by atoms with van der Waals surface area (Å²) in [7, 11) is 4.75. The van der Waals surface area contributed by atoms with Crippen molar-refractivity contribution in [2.45, 2.75) is 25.2 Å². The number of hydrogen-bond acceptors (Lipinski definition) is 4. The largest absolute Gasteiger partial charge is 0.497 e. The van der Waals surface area contributed by atoms with Crippen molar-refractivity contribution >= 4 is 16.7 Å². The topological polar surface area (TPSA) is 44.8 Å². The molecule has 0 saturated heterocycles. The highest BCUT2D eigenvalue weighted by atomic mass is 16.5. The summed E-state index contributed by atoms with van der Waals surface area (Å²) in [6, 6.07) is 7.96. The van der Waals surface area contributed by atoms with Crippen LogP contribution < -0.4 is 9.47 Å². The Balaban J connectivity index is 2.30. The monoisotopic (exact) mass is 300 g/mol. The fraction of sp³-hybridized carbons (Fsp3) is 0.389. The molecule has 1 aliphatic rings. The SMILES string of the molecule is COC(=O)C1(C)CCc2c1cc1cc(OC)ccc1c2OC. The molecular formula is C18H20O4. The summed E-state index contributed by atoms with van der Waals surface area (Å²) in [5.74, 6) is 1.44. The highest BCUT2D eigenvalue weighted by molar-refractivity contribution is 5.95. The van der Waals surface area contributed by atoms with E-state index in [0.717, 1.165) is 46.2 Å². The molecule has 0 N–H and O–H groups in total. The van der Waals surface area contributed by atoms with E-state index in [4.69, 9.17) is 14.2 Å². The summed E-state index contributed by atoms with van der Waals surface area (Å²) in [5, 5.41) is 2.04. The summed E-state index contributed by atoms with van der Waals surface area (Å²) in [4.78, 5) is 12.3. The molecule has 2 aromatic carbocycles. The number of rotatable bonds is 3. The van der Waals surface area contributed by atoms with E-state index in [-0.39, 0.29) is 5.97 Å². The standard InChI is InChI=1S/C18H20O4/c1-18(17(19)22-4)8-7-14-15(18)10-11-9-12(20-2)5-6-13(11)16(14)21-3/h5-6,9-10H,7-8H2,1-4H3. The molecule has 0 heterocycles. The van der Waals surface area contributed by atoms with Crippen LogP contribution >= 0.6 is 0 Å². The van der Waals surface area contributed by atoms with Crippen LogP contribution in [0.5, 0.6) is 11.5 Å². The van der Waals surface area contributed by atoms with E-state index in [2.05, 4.69) is 6.07 Å². The zero-order chi connectivity index (χ0) is 15.9. The second-order valence-electron chi connectivity index (χ2n) is 5.85. The van der Waals surface area contributed by atoms with Crippen molar-refractivity contribution in [2.75, 3.05) is 21.3 Å². The lowest BCUT2D eigenvalue weighted by Crippen LogP contribution is -2.31. The van der Waals surface area contributed by atoms with Crippen molar-refractivity contribution in [3.63, 3.8) is 0 Å². The molecule has 1 unspecified atom stereocenters. The molecule has 0 spiro atoms. The maximum atomic E-state index is 12.3. The summed E-state index contributed by atoms with van der Waals surface area (Å²) in [6.45, 7) is 1.94. The van der Waals surface area contributed by atoms with Crippen LogP contribution in [0.3, 0.4) is 0 Å². The molecule has 4 heteroatoms. The van der Waals surface area contributed by atoms with Gasteiger partial charge in [-0.1, -0.05) is 0 Å². The third kappa shape index (κ3) is 1.94. The molecule has 4 nitrogen and oxygen atoms in total. The molecule has 116 valence electrons. The smallest absolute Gasteiger partial charge is 0.316 e. The number of fused-ring (bicyclic) bond motifs is 2. The predicted octanol–water partition coefficient (Wildman–Crippen LogP) is 3.23. The molecule has 0 aliphatic heterocycles. The quantitative estimate of drug-likeness (QED) is 0.816. The van der Waals surface area contributed by atoms with Crippen LogP contribution in [0.25, 0.3) is 10.8 Å². The zero-order valence-electron chi connectivity index (χ0n) is 13.4. The molecule has 2 aromatic rings. The Bertz CT molecular complexity index is 750. The van der Waals surface area contributed by atoms with Gasteiger partial charge in [0.1, 0.15) is 11.5 Å². The molecule has 0 radical (unpaired) electrons. The highest BCUT2D eigenvalue weighted by Gasteiger charge is 2.43. The van der Waals surface area contributed by atoms with Gasteiger partial charge >= 0.3 is 5.97 Å². The fourth-order valence-corrected chi connectivity index (χ4v) is 3.44. The van der Waals surface area contributed by atoms with E-state index < -0.39 is 5.41 Å². The maximum Gasteiger partial charge on any atom is 0.316 e. The molecule has 0 amide bonds. The summed E-state index contributed by atoms with van der Waals surface area (Å²) in [6.07, 6.45) is 1.55. The third-order valence-electron chi connectivity index (χ3n) is 4.71. The molecule has 0 aromatic heterocycles. The van der Waals surface area contributed by atoms with E-state index in [9.17, 15) is 4.79 Å². The third-order valence-corrected chi connectivity index (χ3v) is 4.71. The first kappa shape index (κ1) is 14.7. The predicted molar refractivity (Wildman–Crippen MR) is 84.7 cm³/mol. The van der Waals surface area contributed by atoms with Gasteiger partial charge in [0.05, 0.1) is 26.7 Å². The van der Waals surface area contributed by atoms with Crippen LogP contribution in [-0.4, -0.2) is 27.3 Å². The summed E-state index contributed by atoms with van der Waals surface area (Å²) < 4.78 is 16.0. The lowest BCUT2D eigenvalue weighted by Gasteiger charge is -2.23. The van der Waals surface area contributed by atoms with E-state index in [1.54, 1.807) is 14.2 Å². The van der Waals surface area contributed by atoms with Crippen LogP contribution in [0.1, 0.15) is 24.5 Å². The van der Waals surface area contributed by atoms with E-state index >= 15 is 0 Å². The minimum Gasteiger partial charge on any atom is -0.497 e. The van der Waals surface area contributed by atoms with Crippen molar-refractivity contribution in [3.05, 3.63) is 35.4 Å². The van der Waals surface area contributed by atoms with Crippen LogP contribution in [0.4, 0.5) is 0 Å². The Morgan fingerprint density at radius 2 is 1.91 bits per heavy atom. The average Bonchev–Trinajstić information content (AvgIpc) is 2.89. The van der Waals surface area contributed by atoms with Gasteiger partial charge in [0.25, 0.3) is 0 Å². The van der Waals surface area contributed by atoms with Gasteiger partial charge in [-0.25, -0.2) is 0 Å². The number of esters is 1. The number of benzene rings is 2. The molecule has 0 bridgehead atoms. The van der Waals surface area contributed by atoms with Gasteiger partial charge in [0.15, 0.2) is 0 Å². The molecule has 0 fully saturated rings. The average molecular weight is 300 g/mol. The number of carbonyl (C=O) groups excluding carboxylic acids is 1. The van der Waals surface area contributed by atoms with Crippen molar-refractivity contribution in [1.82, 2.24) is 0 Å². The normalized spacial score (nSPS) is 19.8. The Kier molecular flexibility index (Phi) is 3.47. The van der Waals surface area contributed by atoms with Crippen molar-refractivity contribution in [2.24, 2.45) is 0 Å². The van der Waals surface area contributed by atoms with Gasteiger partial charge in [-0.2, -0.15) is 0 Å². The Hall–Kier alpha value is -2.23. The number of ether oxygens (including phenoxy) is 3. The second-order valence-corrected chi connectivity index (χ2v) is 5.85. The lowest BCUT2D eigenvalue weighted by molar-refractivity contribution is -0.146. The second kappa shape index (κ2) is 5.20. The van der Waals surface area contributed by atoms with Gasteiger partial charge in [0, 0.05) is 5.39 Å². The van der Waals surface area contributed by atoms with Gasteiger partial charge in [-0.05, 0) is 60.5 Å². The first-order chi connectivity index (χ1) is 10.5. The van der Waals surface area contributed by atoms with Crippen molar-refractivity contribution < 1.29 is 19.0 Å². The van der Waals surface area contributed by atoms with E-state index in [1.165, 1.54) is 7.11 Å². The van der Waals surface area contributed by atoms with Crippen LogP contribution in [-0.2, 0) is 21.4 Å². The molecular weight excluding hydrogens is 280 g/mol. The van der Waals surface area contributed by atoms with Gasteiger partial charge < -0.3 is 14.2 Å². The lowest BCUT2D eigenvalue weighted by atomic mass is 9.83. The Morgan fingerprint density at radius 3 is 2.55 bits per heavy atom. The van der Waals surface area contributed by atoms with E-state index in [1.807, 2.05) is 25.1 Å². The number of methoxy groups -OCH3 is 3. The fourth-order valence-electron chi connectivity index (χ4n) is 3.44. The Labute approximate surface area is 130 Å². The van der Waals surface area contributed by atoms with E-state index in [0.29, 0.717) is 0 Å². The Morgan fingerprint density at radius 1 is 1.14 bits per heavy atom. The first-order valence-electron chi connectivity index (χ1n) is 7.31. The summed E-state index contributed by atoms with van der Waals surface area (Å²) in [5.41, 5.74) is 1.49. The van der Waals surface area contributed by atoms with Crippen LogP contribution in [0.15, 0.2) is 24.3 Å². The molecule has 1 atom stereocenters. The van der Waals surface area contributed by atoms with Crippen LogP contribution in [0, 0.1) is 0 Å².